The number of hydrogen-bond donors (Lipinski definition) is 1. The summed E-state index contributed by atoms with van der Waals surface area (Å²) >= 11 is 0. The second kappa shape index (κ2) is 7.56. The van der Waals surface area contributed by atoms with Gasteiger partial charge in [-0.25, -0.2) is 8.42 Å². The van der Waals surface area contributed by atoms with Crippen LogP contribution in [0.2, 0.25) is 0 Å². The standard InChI is InChI=1S/C23H20N2O3S/c1-16-11-13-19(14-12-16)24-22-23(29(26,27)20-9-4-3-5-10-20)25-21(28-22)18-8-6-7-17(2)15-18/h3-15,24H,1-2H3. The van der Waals surface area contributed by atoms with E-state index in [0.29, 0.717) is 11.3 Å². The van der Waals surface area contributed by atoms with Gasteiger partial charge in [-0.15, -0.1) is 0 Å². The van der Waals surface area contributed by atoms with Crippen molar-refractivity contribution in [1.82, 2.24) is 4.98 Å². The third kappa shape index (κ3) is 3.93. The monoisotopic (exact) mass is 404 g/mol. The molecule has 0 atom stereocenters. The quantitative estimate of drug-likeness (QED) is 0.473. The van der Waals surface area contributed by atoms with E-state index in [4.69, 9.17) is 4.42 Å². The van der Waals surface area contributed by atoms with Gasteiger partial charge in [-0.3, -0.25) is 0 Å². The molecule has 0 bridgehead atoms. The fourth-order valence-corrected chi connectivity index (χ4v) is 4.23. The van der Waals surface area contributed by atoms with Crippen LogP contribution in [0.5, 0.6) is 0 Å². The summed E-state index contributed by atoms with van der Waals surface area (Å²) in [5, 5.41) is 2.93. The van der Waals surface area contributed by atoms with Crippen LogP contribution in [-0.4, -0.2) is 13.4 Å². The van der Waals surface area contributed by atoms with Gasteiger partial charge >= 0.3 is 0 Å². The molecule has 0 aliphatic heterocycles. The highest BCUT2D eigenvalue weighted by Gasteiger charge is 2.28. The molecule has 5 nitrogen and oxygen atoms in total. The van der Waals surface area contributed by atoms with Crippen LogP contribution >= 0.6 is 0 Å². The first kappa shape index (κ1) is 19.0. The van der Waals surface area contributed by atoms with Gasteiger partial charge in [-0.05, 0) is 50.2 Å². The van der Waals surface area contributed by atoms with Gasteiger partial charge in [-0.2, -0.15) is 4.98 Å². The number of rotatable bonds is 5. The Morgan fingerprint density at radius 3 is 2.24 bits per heavy atom. The van der Waals surface area contributed by atoms with Gasteiger partial charge in [0.05, 0.1) is 4.90 Å². The summed E-state index contributed by atoms with van der Waals surface area (Å²) in [7, 11) is -3.86. The van der Waals surface area contributed by atoms with Gasteiger partial charge in [0.1, 0.15) is 0 Å². The predicted octanol–water partition coefficient (Wildman–Crippen LogP) is 5.53. The smallest absolute Gasteiger partial charge is 0.238 e. The van der Waals surface area contributed by atoms with Crippen LogP contribution in [0.3, 0.4) is 0 Å². The number of oxazole rings is 1. The molecule has 0 spiro atoms. The highest BCUT2D eigenvalue weighted by molar-refractivity contribution is 7.91. The van der Waals surface area contributed by atoms with Crippen molar-refractivity contribution in [2.24, 2.45) is 0 Å². The minimum absolute atomic E-state index is 0.0919. The number of aryl methyl sites for hydroxylation is 2. The van der Waals surface area contributed by atoms with Crippen LogP contribution in [0, 0.1) is 13.8 Å². The van der Waals surface area contributed by atoms with Crippen molar-refractivity contribution in [1.29, 1.82) is 0 Å². The van der Waals surface area contributed by atoms with E-state index in [1.165, 1.54) is 0 Å². The highest BCUT2D eigenvalue weighted by Crippen LogP contribution is 2.34. The second-order valence-electron chi connectivity index (χ2n) is 6.83. The number of benzene rings is 3. The van der Waals surface area contributed by atoms with Gasteiger partial charge in [0.25, 0.3) is 0 Å². The summed E-state index contributed by atoms with van der Waals surface area (Å²) in [6.45, 7) is 3.94. The fraction of sp³-hybridized carbons (Fsp3) is 0.0870. The van der Waals surface area contributed by atoms with Gasteiger partial charge < -0.3 is 9.73 Å². The molecule has 0 aliphatic rings. The van der Waals surface area contributed by atoms with Gasteiger partial charge in [-0.1, -0.05) is 53.6 Å². The van der Waals surface area contributed by atoms with Crippen molar-refractivity contribution in [3.05, 3.63) is 90.0 Å². The van der Waals surface area contributed by atoms with Crippen molar-refractivity contribution in [3.8, 4) is 11.5 Å². The Labute approximate surface area is 170 Å². The predicted molar refractivity (Wildman–Crippen MR) is 113 cm³/mol. The van der Waals surface area contributed by atoms with E-state index in [2.05, 4.69) is 10.3 Å². The zero-order valence-corrected chi connectivity index (χ0v) is 16.9. The summed E-state index contributed by atoms with van der Waals surface area (Å²) in [6.07, 6.45) is 0. The lowest BCUT2D eigenvalue weighted by Gasteiger charge is -2.06. The van der Waals surface area contributed by atoms with Gasteiger partial charge in [0.15, 0.2) is 0 Å². The number of nitrogens with one attached hydrogen (secondary N) is 1. The molecule has 0 unspecified atom stereocenters. The first-order valence-electron chi connectivity index (χ1n) is 9.15. The minimum Gasteiger partial charge on any atom is -0.419 e. The first-order valence-corrected chi connectivity index (χ1v) is 10.6. The number of anilines is 2. The van der Waals surface area contributed by atoms with Gasteiger partial charge in [0, 0.05) is 11.3 Å². The molecular formula is C23H20N2O3S. The third-order valence-corrected chi connectivity index (χ3v) is 6.16. The van der Waals surface area contributed by atoms with E-state index in [1.54, 1.807) is 30.3 Å². The lowest BCUT2D eigenvalue weighted by Crippen LogP contribution is -2.05. The molecule has 0 radical (unpaired) electrons. The van der Waals surface area contributed by atoms with E-state index in [0.717, 1.165) is 11.1 Å². The molecule has 0 fully saturated rings. The van der Waals surface area contributed by atoms with Crippen LogP contribution in [-0.2, 0) is 9.84 Å². The summed E-state index contributed by atoms with van der Waals surface area (Å²) in [5.74, 6) is 0.340. The Hall–Kier alpha value is -3.38. The molecule has 3 aromatic carbocycles. The molecule has 0 amide bonds. The molecule has 146 valence electrons. The minimum atomic E-state index is -3.86. The first-order chi connectivity index (χ1) is 13.9. The molecule has 1 aromatic heterocycles. The maximum absolute atomic E-state index is 13.2. The van der Waals surface area contributed by atoms with E-state index >= 15 is 0 Å². The SMILES string of the molecule is Cc1ccc(Nc2oc(-c3cccc(C)c3)nc2S(=O)(=O)c2ccccc2)cc1. The Morgan fingerprint density at radius 1 is 0.828 bits per heavy atom. The molecule has 6 heteroatoms. The topological polar surface area (TPSA) is 72.2 Å². The Kier molecular flexibility index (Phi) is 4.94. The molecule has 4 rings (SSSR count). The van der Waals surface area contributed by atoms with E-state index in [1.807, 2.05) is 62.4 Å². The lowest BCUT2D eigenvalue weighted by atomic mass is 10.1. The fourth-order valence-electron chi connectivity index (χ4n) is 2.95. The zero-order chi connectivity index (χ0) is 20.4. The molecule has 0 saturated carbocycles. The van der Waals surface area contributed by atoms with Crippen molar-refractivity contribution in [2.45, 2.75) is 23.8 Å². The Bertz CT molecular complexity index is 1250. The van der Waals surface area contributed by atoms with Crippen LogP contribution in [0.4, 0.5) is 11.6 Å². The maximum atomic E-state index is 13.2. The molecule has 1 heterocycles. The second-order valence-corrected chi connectivity index (χ2v) is 8.70. The van der Waals surface area contributed by atoms with Gasteiger partial charge in [0.2, 0.25) is 26.6 Å². The summed E-state index contributed by atoms with van der Waals surface area (Å²) < 4.78 is 32.4. The average Bonchev–Trinajstić information content (AvgIpc) is 3.15. The Morgan fingerprint density at radius 2 is 1.55 bits per heavy atom. The van der Waals surface area contributed by atoms with Crippen LogP contribution in [0.25, 0.3) is 11.5 Å². The van der Waals surface area contributed by atoms with Crippen molar-refractivity contribution in [2.75, 3.05) is 5.32 Å². The zero-order valence-electron chi connectivity index (χ0n) is 16.1. The highest BCUT2D eigenvalue weighted by atomic mass is 32.2. The molecule has 0 saturated heterocycles. The molecule has 1 N–H and O–H groups in total. The van der Waals surface area contributed by atoms with Crippen molar-refractivity contribution in [3.63, 3.8) is 0 Å². The summed E-state index contributed by atoms with van der Waals surface area (Å²) in [6, 6.07) is 23.4. The summed E-state index contributed by atoms with van der Waals surface area (Å²) in [5.41, 5.74) is 3.56. The number of hydrogen-bond acceptors (Lipinski definition) is 5. The largest absolute Gasteiger partial charge is 0.419 e. The van der Waals surface area contributed by atoms with Crippen LogP contribution in [0.15, 0.2) is 93.2 Å². The number of aromatic nitrogens is 1. The number of sulfone groups is 1. The number of nitrogens with zero attached hydrogens (tertiary/aromatic N) is 1. The average molecular weight is 404 g/mol. The van der Waals surface area contributed by atoms with E-state index < -0.39 is 9.84 Å². The molecule has 0 aliphatic carbocycles. The molecule has 29 heavy (non-hydrogen) atoms. The van der Waals surface area contributed by atoms with Crippen molar-refractivity contribution < 1.29 is 12.8 Å². The summed E-state index contributed by atoms with van der Waals surface area (Å²) in [4.78, 5) is 4.53. The normalized spacial score (nSPS) is 11.4. The van der Waals surface area contributed by atoms with Crippen LogP contribution < -0.4 is 5.32 Å². The van der Waals surface area contributed by atoms with Crippen LogP contribution in [0.1, 0.15) is 11.1 Å². The Balaban J connectivity index is 1.84. The van der Waals surface area contributed by atoms with E-state index in [9.17, 15) is 8.42 Å². The van der Waals surface area contributed by atoms with E-state index in [-0.39, 0.29) is 21.7 Å². The van der Waals surface area contributed by atoms with Crippen molar-refractivity contribution >= 4 is 21.4 Å². The third-order valence-electron chi connectivity index (χ3n) is 4.48. The lowest BCUT2D eigenvalue weighted by molar-refractivity contribution is 0.582. The maximum Gasteiger partial charge on any atom is 0.238 e. The molecule has 4 aromatic rings. The molecular weight excluding hydrogens is 384 g/mol.